The summed E-state index contributed by atoms with van der Waals surface area (Å²) in [6, 6.07) is 7.25. The number of aromatic nitrogens is 2. The Morgan fingerprint density at radius 1 is 1.47 bits per heavy atom. The van der Waals surface area contributed by atoms with Gasteiger partial charge in [0.1, 0.15) is 0 Å². The zero-order valence-corrected chi connectivity index (χ0v) is 12.4. The van der Waals surface area contributed by atoms with Crippen molar-refractivity contribution in [1.82, 2.24) is 5.27 Å². The van der Waals surface area contributed by atoms with E-state index in [9.17, 15) is 9.59 Å². The van der Waals surface area contributed by atoms with Gasteiger partial charge >= 0.3 is 10.7 Å². The number of nitrogens with zero attached hydrogens (tertiary/aromatic N) is 1. The molecule has 0 fully saturated rings. The van der Waals surface area contributed by atoms with E-state index in [4.69, 9.17) is 0 Å². The maximum absolute atomic E-state index is 11.7. The first-order valence-electron chi connectivity index (χ1n) is 5.32. The highest BCUT2D eigenvalue weighted by Gasteiger charge is 2.19. The standard InChI is InChI=1S/C11H10BrN3O3S/c1-15-10(11(17)18-14-15)19-6-9(16)13-8-4-2-7(12)3-5-8/h2-5H,6H2,1H3,(H-,13,14,16,17)/p+1. The lowest BCUT2D eigenvalue weighted by Crippen LogP contribution is -2.34. The molecule has 1 heterocycles. The van der Waals surface area contributed by atoms with Crippen LogP contribution in [0, 0.1) is 0 Å². The largest absolute Gasteiger partial charge is 0.441 e. The minimum Gasteiger partial charge on any atom is -0.325 e. The van der Waals surface area contributed by atoms with Crippen LogP contribution in [0.25, 0.3) is 0 Å². The maximum atomic E-state index is 11.7. The highest BCUT2D eigenvalue weighted by Crippen LogP contribution is 2.15. The van der Waals surface area contributed by atoms with Gasteiger partial charge in [0, 0.05) is 10.2 Å². The summed E-state index contributed by atoms with van der Waals surface area (Å²) in [5.74, 6) is -0.0556. The first-order chi connectivity index (χ1) is 9.06. The summed E-state index contributed by atoms with van der Waals surface area (Å²) in [6.45, 7) is 0. The Morgan fingerprint density at radius 2 is 2.16 bits per heavy atom. The number of hydrogen-bond donors (Lipinski definition) is 2. The van der Waals surface area contributed by atoms with Gasteiger partial charge in [-0.15, -0.1) is 0 Å². The van der Waals surface area contributed by atoms with Gasteiger partial charge in [0.25, 0.3) is 0 Å². The van der Waals surface area contributed by atoms with Crippen molar-refractivity contribution in [2.75, 3.05) is 11.1 Å². The molecule has 0 saturated carbocycles. The molecule has 8 heteroatoms. The molecule has 2 N–H and O–H groups in total. The van der Waals surface area contributed by atoms with Crippen LogP contribution in [0.1, 0.15) is 0 Å². The van der Waals surface area contributed by atoms with E-state index in [-0.39, 0.29) is 11.7 Å². The fraction of sp³-hybridized carbons (Fsp3) is 0.182. The van der Waals surface area contributed by atoms with Crippen LogP contribution in [0.3, 0.4) is 0 Å². The topological polar surface area (TPSA) is 79.0 Å². The molecule has 2 rings (SSSR count). The van der Waals surface area contributed by atoms with E-state index in [0.717, 1.165) is 16.2 Å². The van der Waals surface area contributed by atoms with E-state index in [0.29, 0.717) is 10.7 Å². The Labute approximate surface area is 121 Å². The highest BCUT2D eigenvalue weighted by molar-refractivity contribution is 9.10. The zero-order valence-electron chi connectivity index (χ0n) is 9.97. The molecule has 100 valence electrons. The number of amides is 1. The van der Waals surface area contributed by atoms with Crippen molar-refractivity contribution in [2.45, 2.75) is 5.03 Å². The summed E-state index contributed by atoms with van der Waals surface area (Å²) >= 11 is 4.43. The second-order valence-corrected chi connectivity index (χ2v) is 5.57. The van der Waals surface area contributed by atoms with Crippen LogP contribution in [-0.2, 0) is 11.8 Å². The van der Waals surface area contributed by atoms with Gasteiger partial charge in [-0.1, -0.05) is 20.6 Å². The summed E-state index contributed by atoms with van der Waals surface area (Å²) in [6.07, 6.45) is 0. The zero-order chi connectivity index (χ0) is 13.8. The average Bonchev–Trinajstić information content (AvgIpc) is 2.70. The second-order valence-electron chi connectivity index (χ2n) is 3.69. The van der Waals surface area contributed by atoms with Gasteiger partial charge in [-0.2, -0.15) is 0 Å². The molecular weight excluding hydrogens is 334 g/mol. The molecular formula is C11H11BrN3O3S+. The van der Waals surface area contributed by atoms with Gasteiger partial charge < -0.3 is 5.32 Å². The Morgan fingerprint density at radius 3 is 2.74 bits per heavy atom. The molecule has 0 aliphatic carbocycles. The van der Waals surface area contributed by atoms with Crippen molar-refractivity contribution < 1.29 is 14.0 Å². The fourth-order valence-electron chi connectivity index (χ4n) is 1.35. The lowest BCUT2D eigenvalue weighted by Gasteiger charge is -2.03. The minimum atomic E-state index is -0.482. The van der Waals surface area contributed by atoms with Gasteiger partial charge in [0.2, 0.25) is 5.91 Å². The van der Waals surface area contributed by atoms with Crippen molar-refractivity contribution in [3.05, 3.63) is 39.2 Å². The monoisotopic (exact) mass is 344 g/mol. The summed E-state index contributed by atoms with van der Waals surface area (Å²) in [5.41, 5.74) is 0.225. The first-order valence-corrected chi connectivity index (χ1v) is 7.10. The van der Waals surface area contributed by atoms with Crippen molar-refractivity contribution >= 4 is 39.3 Å². The molecule has 0 spiro atoms. The van der Waals surface area contributed by atoms with Gasteiger partial charge in [0.05, 0.1) is 5.75 Å². The lowest BCUT2D eigenvalue weighted by molar-refractivity contribution is -0.772. The number of thioether (sulfide) groups is 1. The van der Waals surface area contributed by atoms with E-state index in [1.165, 1.54) is 4.68 Å². The van der Waals surface area contributed by atoms with Crippen LogP contribution in [0.4, 0.5) is 5.69 Å². The Hall–Kier alpha value is -1.54. The number of nitrogens with one attached hydrogen (secondary N) is 2. The van der Waals surface area contributed by atoms with E-state index < -0.39 is 5.63 Å². The normalized spacial score (nSPS) is 10.4. The predicted molar refractivity (Wildman–Crippen MR) is 74.0 cm³/mol. The number of halogens is 1. The van der Waals surface area contributed by atoms with E-state index >= 15 is 0 Å². The fourth-order valence-corrected chi connectivity index (χ4v) is 2.35. The van der Waals surface area contributed by atoms with Crippen LogP contribution in [0.2, 0.25) is 0 Å². The third kappa shape index (κ3) is 3.71. The third-order valence-electron chi connectivity index (χ3n) is 2.22. The third-order valence-corrected chi connectivity index (χ3v) is 3.87. The molecule has 19 heavy (non-hydrogen) atoms. The van der Waals surface area contributed by atoms with Crippen LogP contribution in [0.15, 0.2) is 43.1 Å². The molecule has 6 nitrogen and oxygen atoms in total. The number of benzene rings is 1. The number of anilines is 1. The van der Waals surface area contributed by atoms with Crippen molar-refractivity contribution in [3.8, 4) is 0 Å². The summed E-state index contributed by atoms with van der Waals surface area (Å²) < 4.78 is 6.96. The molecule has 0 aliphatic heterocycles. The number of rotatable bonds is 4. The molecule has 1 amide bonds. The number of carbonyl (C=O) groups excluding carboxylic acids is 1. The van der Waals surface area contributed by atoms with Gasteiger partial charge in [-0.25, -0.2) is 4.79 Å². The number of aryl methyl sites for hydroxylation is 1. The molecule has 0 radical (unpaired) electrons. The lowest BCUT2D eigenvalue weighted by atomic mass is 10.3. The molecule has 2 aromatic rings. The van der Waals surface area contributed by atoms with E-state index in [2.05, 4.69) is 31.0 Å². The minimum absolute atomic E-state index is 0.131. The van der Waals surface area contributed by atoms with Crippen LogP contribution < -0.4 is 15.6 Å². The second kappa shape index (κ2) is 6.07. The smallest absolute Gasteiger partial charge is 0.325 e. The molecule has 1 aromatic carbocycles. The molecule has 0 atom stereocenters. The van der Waals surface area contributed by atoms with Crippen LogP contribution >= 0.6 is 27.7 Å². The van der Waals surface area contributed by atoms with Crippen LogP contribution in [-0.4, -0.2) is 16.9 Å². The number of aromatic amines is 1. The van der Waals surface area contributed by atoms with Gasteiger partial charge in [-0.3, -0.25) is 9.32 Å². The summed E-state index contributed by atoms with van der Waals surface area (Å²) in [5, 5.41) is 5.48. The van der Waals surface area contributed by atoms with Gasteiger partial charge in [0.15, 0.2) is 7.05 Å². The SMILES string of the molecule is C[n+]1[nH]oc(=O)c1SCC(=O)Nc1ccc(Br)cc1. The number of carbonyl (C=O) groups is 1. The van der Waals surface area contributed by atoms with E-state index in [1.807, 2.05) is 12.1 Å². The molecule has 0 bridgehead atoms. The van der Waals surface area contributed by atoms with Gasteiger partial charge in [-0.05, 0) is 41.3 Å². The maximum Gasteiger partial charge on any atom is 0.441 e. The van der Waals surface area contributed by atoms with Crippen LogP contribution in [0.5, 0.6) is 0 Å². The number of hydrogen-bond acceptors (Lipinski definition) is 4. The molecule has 1 aromatic heterocycles. The average molecular weight is 345 g/mol. The van der Waals surface area contributed by atoms with E-state index in [1.54, 1.807) is 19.2 Å². The number of H-pyrrole nitrogens is 1. The van der Waals surface area contributed by atoms with Crippen molar-refractivity contribution in [3.63, 3.8) is 0 Å². The quantitative estimate of drug-likeness (QED) is 0.647. The molecule has 0 aliphatic rings. The highest BCUT2D eigenvalue weighted by atomic mass is 79.9. The summed E-state index contributed by atoms with van der Waals surface area (Å²) in [4.78, 5) is 23.0. The molecule has 0 unspecified atom stereocenters. The van der Waals surface area contributed by atoms with Crippen molar-refractivity contribution in [1.29, 1.82) is 0 Å². The van der Waals surface area contributed by atoms with Crippen molar-refractivity contribution in [2.24, 2.45) is 7.05 Å². The Bertz CT molecular complexity index is 635. The Balaban J connectivity index is 1.92. The molecule has 0 saturated heterocycles. The predicted octanol–water partition coefficient (Wildman–Crippen LogP) is 1.29. The summed E-state index contributed by atoms with van der Waals surface area (Å²) in [7, 11) is 1.64. The first kappa shape index (κ1) is 13.9. The Kier molecular flexibility index (Phi) is 4.43.